The number of rotatable bonds is 11. The van der Waals surface area contributed by atoms with Crippen molar-refractivity contribution in [2.75, 3.05) is 17.1 Å². The molecule has 0 radical (unpaired) electrons. The third-order valence-corrected chi connectivity index (χ3v) is 6.82. The average molecular weight is 526 g/mol. The zero-order chi connectivity index (χ0) is 27.0. The predicted octanol–water partition coefficient (Wildman–Crippen LogP) is 3.76. The van der Waals surface area contributed by atoms with Gasteiger partial charge in [-0.05, 0) is 37.1 Å². The van der Waals surface area contributed by atoms with E-state index in [1.807, 2.05) is 74.5 Å². The van der Waals surface area contributed by atoms with Crippen LogP contribution in [0.4, 0.5) is 10.1 Å². The molecule has 9 heteroatoms. The van der Waals surface area contributed by atoms with Crippen molar-refractivity contribution in [1.29, 1.82) is 0 Å². The normalized spacial score (nSPS) is 12.1. The molecule has 7 nitrogen and oxygen atoms in total. The van der Waals surface area contributed by atoms with E-state index in [4.69, 9.17) is 0 Å². The highest BCUT2D eigenvalue weighted by Crippen LogP contribution is 2.23. The Bertz CT molecular complexity index is 1300. The Morgan fingerprint density at radius 3 is 1.95 bits per heavy atom. The van der Waals surface area contributed by atoms with Crippen LogP contribution in [0.1, 0.15) is 25.0 Å². The fourth-order valence-electron chi connectivity index (χ4n) is 3.96. The second-order valence-electron chi connectivity index (χ2n) is 9.10. The van der Waals surface area contributed by atoms with Crippen LogP contribution in [-0.4, -0.2) is 50.0 Å². The summed E-state index contributed by atoms with van der Waals surface area (Å²) in [6, 6.07) is 22.7. The first kappa shape index (κ1) is 27.9. The number of halogens is 1. The van der Waals surface area contributed by atoms with E-state index in [2.05, 4.69) is 5.32 Å². The maximum atomic E-state index is 14.6. The number of hydrogen-bond acceptors (Lipinski definition) is 4. The van der Waals surface area contributed by atoms with Crippen LogP contribution in [0.3, 0.4) is 0 Å². The van der Waals surface area contributed by atoms with Gasteiger partial charge >= 0.3 is 0 Å². The van der Waals surface area contributed by atoms with Crippen molar-refractivity contribution in [2.45, 2.75) is 38.9 Å². The van der Waals surface area contributed by atoms with Crippen LogP contribution in [-0.2, 0) is 32.6 Å². The van der Waals surface area contributed by atoms with Gasteiger partial charge in [-0.1, -0.05) is 72.8 Å². The molecule has 2 amide bonds. The van der Waals surface area contributed by atoms with Gasteiger partial charge in [-0.2, -0.15) is 0 Å². The van der Waals surface area contributed by atoms with Gasteiger partial charge in [-0.15, -0.1) is 0 Å². The van der Waals surface area contributed by atoms with Gasteiger partial charge in [-0.3, -0.25) is 13.9 Å². The molecule has 0 saturated heterocycles. The molecule has 0 aliphatic carbocycles. The molecule has 3 aromatic rings. The molecule has 0 spiro atoms. The summed E-state index contributed by atoms with van der Waals surface area (Å²) in [4.78, 5) is 28.6. The van der Waals surface area contributed by atoms with E-state index in [-0.39, 0.29) is 30.6 Å². The second kappa shape index (κ2) is 12.5. The van der Waals surface area contributed by atoms with E-state index < -0.39 is 34.3 Å². The summed E-state index contributed by atoms with van der Waals surface area (Å²) in [5.41, 5.74) is 1.37. The number of amides is 2. The molecule has 1 N–H and O–H groups in total. The molecule has 0 heterocycles. The highest BCUT2D eigenvalue weighted by atomic mass is 32.2. The number of hydrogen-bond donors (Lipinski definition) is 1. The fraction of sp³-hybridized carbons (Fsp3) is 0.286. The summed E-state index contributed by atoms with van der Waals surface area (Å²) in [6.45, 7) is 3.05. The number of carbonyl (C=O) groups excluding carboxylic acids is 2. The number of nitrogens with one attached hydrogen (secondary N) is 1. The van der Waals surface area contributed by atoms with Crippen LogP contribution in [0.5, 0.6) is 0 Å². The topological polar surface area (TPSA) is 86.8 Å². The largest absolute Gasteiger partial charge is 0.352 e. The monoisotopic (exact) mass is 525 g/mol. The van der Waals surface area contributed by atoms with Crippen LogP contribution in [0.15, 0.2) is 84.9 Å². The molecule has 0 saturated carbocycles. The first-order valence-electron chi connectivity index (χ1n) is 12.0. The Labute approximate surface area is 218 Å². The molecular formula is C28H32FN3O4S. The highest BCUT2D eigenvalue weighted by molar-refractivity contribution is 7.92. The molecular weight excluding hydrogens is 493 g/mol. The Hall–Kier alpha value is -3.72. The zero-order valence-electron chi connectivity index (χ0n) is 21.2. The standard InChI is InChI=1S/C28H32FN3O4S/c1-21(2)30-28(34)26(18-22-12-6-4-7-13-22)31(19-23-14-8-5-9-15-23)27(33)20-32(37(3,35)36)25-17-11-10-16-24(25)29/h4-17,21,26H,18-20H2,1-3H3,(H,30,34). The molecule has 0 fully saturated rings. The lowest BCUT2D eigenvalue weighted by molar-refractivity contribution is -0.140. The van der Waals surface area contributed by atoms with E-state index >= 15 is 0 Å². The summed E-state index contributed by atoms with van der Waals surface area (Å²) >= 11 is 0. The van der Waals surface area contributed by atoms with Gasteiger partial charge < -0.3 is 10.2 Å². The van der Waals surface area contributed by atoms with Crippen molar-refractivity contribution in [3.8, 4) is 0 Å². The zero-order valence-corrected chi connectivity index (χ0v) is 22.0. The molecule has 1 atom stereocenters. The lowest BCUT2D eigenvalue weighted by Gasteiger charge is -2.34. The fourth-order valence-corrected chi connectivity index (χ4v) is 4.81. The van der Waals surface area contributed by atoms with Crippen LogP contribution in [0, 0.1) is 5.82 Å². The Morgan fingerprint density at radius 1 is 0.865 bits per heavy atom. The van der Waals surface area contributed by atoms with E-state index in [1.54, 1.807) is 0 Å². The molecule has 3 rings (SSSR count). The lowest BCUT2D eigenvalue weighted by Crippen LogP contribution is -2.54. The highest BCUT2D eigenvalue weighted by Gasteiger charge is 2.33. The number of benzene rings is 3. The summed E-state index contributed by atoms with van der Waals surface area (Å²) < 4.78 is 40.6. The minimum Gasteiger partial charge on any atom is -0.352 e. The summed E-state index contributed by atoms with van der Waals surface area (Å²) in [6.07, 6.45) is 1.14. The van der Waals surface area contributed by atoms with E-state index in [0.29, 0.717) is 0 Å². The summed E-state index contributed by atoms with van der Waals surface area (Å²) in [5.74, 6) is -1.76. The van der Waals surface area contributed by atoms with Crippen LogP contribution in [0.2, 0.25) is 0 Å². The smallest absolute Gasteiger partial charge is 0.244 e. The molecule has 1 unspecified atom stereocenters. The summed E-state index contributed by atoms with van der Waals surface area (Å²) in [7, 11) is -4.02. The predicted molar refractivity (Wildman–Crippen MR) is 143 cm³/mol. The number of carbonyl (C=O) groups is 2. The van der Waals surface area contributed by atoms with E-state index in [0.717, 1.165) is 27.8 Å². The van der Waals surface area contributed by atoms with Crippen molar-refractivity contribution in [2.24, 2.45) is 0 Å². The Morgan fingerprint density at radius 2 is 1.41 bits per heavy atom. The van der Waals surface area contributed by atoms with Gasteiger partial charge in [0, 0.05) is 19.0 Å². The Balaban J connectivity index is 2.04. The molecule has 0 aromatic heterocycles. The third-order valence-electron chi connectivity index (χ3n) is 5.70. The van der Waals surface area contributed by atoms with Crippen molar-refractivity contribution in [1.82, 2.24) is 10.2 Å². The van der Waals surface area contributed by atoms with Crippen molar-refractivity contribution >= 4 is 27.5 Å². The van der Waals surface area contributed by atoms with Gasteiger partial charge in [0.25, 0.3) is 0 Å². The minimum absolute atomic E-state index is 0.0670. The van der Waals surface area contributed by atoms with E-state index in [1.165, 1.54) is 23.1 Å². The number of nitrogens with zero attached hydrogens (tertiary/aromatic N) is 2. The SMILES string of the molecule is CC(C)NC(=O)C(Cc1ccccc1)N(Cc1ccccc1)C(=O)CN(c1ccccc1F)S(C)(=O)=O. The molecule has 196 valence electrons. The van der Waals surface area contributed by atoms with Gasteiger partial charge in [0.1, 0.15) is 18.4 Å². The Kier molecular flexibility index (Phi) is 9.41. The maximum absolute atomic E-state index is 14.6. The average Bonchev–Trinajstić information content (AvgIpc) is 2.85. The van der Waals surface area contributed by atoms with Gasteiger partial charge in [0.15, 0.2) is 0 Å². The van der Waals surface area contributed by atoms with Crippen LogP contribution < -0.4 is 9.62 Å². The maximum Gasteiger partial charge on any atom is 0.244 e. The van der Waals surface area contributed by atoms with Gasteiger partial charge in [0.2, 0.25) is 21.8 Å². The lowest BCUT2D eigenvalue weighted by atomic mass is 10.0. The number of sulfonamides is 1. The number of anilines is 1. The van der Waals surface area contributed by atoms with Gasteiger partial charge in [-0.25, -0.2) is 12.8 Å². The first-order valence-corrected chi connectivity index (χ1v) is 13.8. The summed E-state index contributed by atoms with van der Waals surface area (Å²) in [5, 5.41) is 2.88. The first-order chi connectivity index (χ1) is 17.6. The molecule has 37 heavy (non-hydrogen) atoms. The van der Waals surface area contributed by atoms with Gasteiger partial charge in [0.05, 0.1) is 11.9 Å². The third kappa shape index (κ3) is 7.88. The molecule has 0 aliphatic rings. The minimum atomic E-state index is -4.02. The van der Waals surface area contributed by atoms with Crippen molar-refractivity contribution in [3.05, 3.63) is 102 Å². The quantitative estimate of drug-likeness (QED) is 0.413. The van der Waals surface area contributed by atoms with Crippen LogP contribution in [0.25, 0.3) is 0 Å². The van der Waals surface area contributed by atoms with Crippen molar-refractivity contribution < 1.29 is 22.4 Å². The van der Waals surface area contributed by atoms with Crippen LogP contribution >= 0.6 is 0 Å². The van der Waals surface area contributed by atoms with E-state index in [9.17, 15) is 22.4 Å². The molecule has 3 aromatic carbocycles. The second-order valence-corrected chi connectivity index (χ2v) is 11.0. The molecule has 0 bridgehead atoms. The number of para-hydroxylation sites is 1. The van der Waals surface area contributed by atoms with Crippen molar-refractivity contribution in [3.63, 3.8) is 0 Å². The molecule has 0 aliphatic heterocycles.